The Hall–Kier alpha value is -0.280. The molecular weight excluding hydrogens is 233 g/mol. The third-order valence-corrected chi connectivity index (χ3v) is 2.43. The second-order valence-electron chi connectivity index (χ2n) is 3.30. The normalized spacial score (nSPS) is 11.9. The van der Waals surface area contributed by atoms with E-state index in [4.69, 9.17) is 16.7 Å². The molecule has 4 heteroatoms. The van der Waals surface area contributed by atoms with Crippen LogP contribution in [-0.2, 0) is 6.54 Å². The van der Waals surface area contributed by atoms with Gasteiger partial charge in [0.2, 0.25) is 0 Å². The van der Waals surface area contributed by atoms with Crippen LogP contribution in [0.25, 0.3) is 0 Å². The van der Waals surface area contributed by atoms with Crippen molar-refractivity contribution in [2.24, 2.45) is 0 Å². The van der Waals surface area contributed by atoms with E-state index in [0.29, 0.717) is 0 Å². The molecule has 2 nitrogen and oxygen atoms in total. The lowest BCUT2D eigenvalue weighted by Gasteiger charge is -2.13. The van der Waals surface area contributed by atoms with Crippen molar-refractivity contribution in [3.63, 3.8) is 0 Å². The molecule has 15 heavy (non-hydrogen) atoms. The Morgan fingerprint density at radius 1 is 1.47 bits per heavy atom. The summed E-state index contributed by atoms with van der Waals surface area (Å²) in [6, 6.07) is 7.91. The number of halogens is 2. The lowest BCUT2D eigenvalue weighted by Crippen LogP contribution is -3.00. The van der Waals surface area contributed by atoms with Gasteiger partial charge in [-0.25, -0.2) is 0 Å². The standard InChI is InChI=1S/C11H16ClNO.ClH/c1-2-11(8-14)13-7-9-4-3-5-10(12)6-9;/h3-6,11,13-14H,2,7-8H2,1H3;1H/p-1. The van der Waals surface area contributed by atoms with Crippen LogP contribution in [0.1, 0.15) is 18.9 Å². The predicted molar refractivity (Wildman–Crippen MR) is 59.5 cm³/mol. The Morgan fingerprint density at radius 3 is 2.73 bits per heavy atom. The minimum absolute atomic E-state index is 0. The smallest absolute Gasteiger partial charge is 0.0584 e. The van der Waals surface area contributed by atoms with E-state index >= 15 is 0 Å². The van der Waals surface area contributed by atoms with Gasteiger partial charge in [-0.3, -0.25) is 0 Å². The molecule has 0 amide bonds. The first-order chi connectivity index (χ1) is 6.76. The topological polar surface area (TPSA) is 32.3 Å². The zero-order valence-electron chi connectivity index (χ0n) is 8.71. The van der Waals surface area contributed by atoms with Crippen LogP contribution >= 0.6 is 11.6 Å². The summed E-state index contributed by atoms with van der Waals surface area (Å²) in [6.07, 6.45) is 0.928. The van der Waals surface area contributed by atoms with Gasteiger partial charge in [0.05, 0.1) is 6.61 Å². The molecule has 0 spiro atoms. The Labute approximate surface area is 102 Å². The fourth-order valence-corrected chi connectivity index (χ4v) is 1.46. The van der Waals surface area contributed by atoms with E-state index in [2.05, 4.69) is 5.32 Å². The molecule has 0 saturated carbocycles. The lowest BCUT2D eigenvalue weighted by atomic mass is 10.2. The first kappa shape index (κ1) is 14.7. The summed E-state index contributed by atoms with van der Waals surface area (Å²) in [6.45, 7) is 2.97. The highest BCUT2D eigenvalue weighted by Gasteiger charge is 2.02. The van der Waals surface area contributed by atoms with Crippen molar-refractivity contribution in [1.82, 2.24) is 5.32 Å². The van der Waals surface area contributed by atoms with E-state index in [1.54, 1.807) is 0 Å². The number of nitrogens with one attached hydrogen (secondary N) is 1. The Balaban J connectivity index is 0.00000196. The average Bonchev–Trinajstić information content (AvgIpc) is 2.19. The molecule has 0 bridgehead atoms. The molecule has 86 valence electrons. The Kier molecular flexibility index (Phi) is 7.79. The van der Waals surface area contributed by atoms with Gasteiger partial charge in [0.15, 0.2) is 0 Å². The maximum absolute atomic E-state index is 8.97. The molecule has 0 saturated heterocycles. The molecule has 0 aliphatic heterocycles. The molecule has 1 aromatic carbocycles. The van der Waals surface area contributed by atoms with Crippen molar-refractivity contribution in [3.05, 3.63) is 34.9 Å². The summed E-state index contributed by atoms with van der Waals surface area (Å²) in [5.41, 5.74) is 1.14. The van der Waals surface area contributed by atoms with Gasteiger partial charge >= 0.3 is 0 Å². The van der Waals surface area contributed by atoms with E-state index in [1.165, 1.54) is 0 Å². The highest BCUT2D eigenvalue weighted by Crippen LogP contribution is 2.10. The number of aliphatic hydroxyl groups is 1. The molecule has 0 aromatic heterocycles. The van der Waals surface area contributed by atoms with Crippen molar-refractivity contribution in [2.45, 2.75) is 25.9 Å². The van der Waals surface area contributed by atoms with E-state index in [1.807, 2.05) is 31.2 Å². The van der Waals surface area contributed by atoms with Crippen LogP contribution in [0.15, 0.2) is 24.3 Å². The molecular formula is C11H16Cl2NO-. The summed E-state index contributed by atoms with van der Waals surface area (Å²) < 4.78 is 0. The summed E-state index contributed by atoms with van der Waals surface area (Å²) >= 11 is 5.85. The third kappa shape index (κ3) is 5.38. The van der Waals surface area contributed by atoms with Crippen LogP contribution in [-0.4, -0.2) is 17.8 Å². The van der Waals surface area contributed by atoms with Gasteiger partial charge in [-0.05, 0) is 24.1 Å². The number of benzene rings is 1. The quantitative estimate of drug-likeness (QED) is 0.716. The SMILES string of the molecule is CCC(CO)NCc1cccc(Cl)c1.[Cl-]. The summed E-state index contributed by atoms with van der Waals surface area (Å²) in [7, 11) is 0. The molecule has 0 aliphatic rings. The molecule has 1 atom stereocenters. The van der Waals surface area contributed by atoms with Gasteiger partial charge in [0.25, 0.3) is 0 Å². The van der Waals surface area contributed by atoms with Gasteiger partial charge in [-0.2, -0.15) is 0 Å². The molecule has 2 N–H and O–H groups in total. The fourth-order valence-electron chi connectivity index (χ4n) is 1.25. The van der Waals surface area contributed by atoms with Gasteiger partial charge < -0.3 is 22.8 Å². The van der Waals surface area contributed by atoms with Crippen LogP contribution in [0.5, 0.6) is 0 Å². The highest BCUT2D eigenvalue weighted by molar-refractivity contribution is 6.30. The van der Waals surface area contributed by atoms with Crippen molar-refractivity contribution < 1.29 is 17.5 Å². The van der Waals surface area contributed by atoms with Gasteiger partial charge in [-0.15, -0.1) is 0 Å². The highest BCUT2D eigenvalue weighted by atomic mass is 35.5. The molecule has 0 aliphatic carbocycles. The number of hydrogen-bond donors (Lipinski definition) is 2. The second kappa shape index (κ2) is 7.94. The second-order valence-corrected chi connectivity index (χ2v) is 3.74. The largest absolute Gasteiger partial charge is 1.00 e. The third-order valence-electron chi connectivity index (χ3n) is 2.20. The van der Waals surface area contributed by atoms with Crippen LogP contribution in [0.4, 0.5) is 0 Å². The van der Waals surface area contributed by atoms with Crippen molar-refractivity contribution >= 4 is 11.6 Å². The zero-order valence-corrected chi connectivity index (χ0v) is 10.2. The van der Waals surface area contributed by atoms with Gasteiger partial charge in [0.1, 0.15) is 0 Å². The predicted octanol–water partition coefficient (Wildman–Crippen LogP) is -0.795. The van der Waals surface area contributed by atoms with Gasteiger partial charge in [-0.1, -0.05) is 30.7 Å². The summed E-state index contributed by atoms with van der Waals surface area (Å²) in [5, 5.41) is 13.0. The molecule has 1 aromatic rings. The first-order valence-electron chi connectivity index (χ1n) is 4.85. The van der Waals surface area contributed by atoms with E-state index in [-0.39, 0.29) is 25.1 Å². The number of aliphatic hydroxyl groups excluding tert-OH is 1. The maximum atomic E-state index is 8.97. The van der Waals surface area contributed by atoms with Gasteiger partial charge in [0, 0.05) is 17.6 Å². The maximum Gasteiger partial charge on any atom is 0.0584 e. The number of hydrogen-bond acceptors (Lipinski definition) is 2. The summed E-state index contributed by atoms with van der Waals surface area (Å²) in [5.74, 6) is 0. The van der Waals surface area contributed by atoms with Crippen LogP contribution in [0.3, 0.4) is 0 Å². The number of rotatable bonds is 5. The molecule has 0 heterocycles. The van der Waals surface area contributed by atoms with E-state index in [0.717, 1.165) is 23.6 Å². The molecule has 0 fully saturated rings. The minimum Gasteiger partial charge on any atom is -1.00 e. The molecule has 0 radical (unpaired) electrons. The average molecular weight is 249 g/mol. The molecule has 1 rings (SSSR count). The monoisotopic (exact) mass is 248 g/mol. The van der Waals surface area contributed by atoms with E-state index in [9.17, 15) is 0 Å². The van der Waals surface area contributed by atoms with Crippen LogP contribution < -0.4 is 17.7 Å². The summed E-state index contributed by atoms with van der Waals surface area (Å²) in [4.78, 5) is 0. The first-order valence-corrected chi connectivity index (χ1v) is 5.22. The fraction of sp³-hybridized carbons (Fsp3) is 0.455. The molecule has 1 unspecified atom stereocenters. The Bertz CT molecular complexity index is 277. The minimum atomic E-state index is 0. The van der Waals surface area contributed by atoms with Crippen molar-refractivity contribution in [2.75, 3.05) is 6.61 Å². The van der Waals surface area contributed by atoms with Crippen molar-refractivity contribution in [3.8, 4) is 0 Å². The Morgan fingerprint density at radius 2 is 2.20 bits per heavy atom. The van der Waals surface area contributed by atoms with E-state index < -0.39 is 0 Å². The van der Waals surface area contributed by atoms with Crippen molar-refractivity contribution in [1.29, 1.82) is 0 Å². The zero-order chi connectivity index (χ0) is 10.4. The van der Waals surface area contributed by atoms with Crippen LogP contribution in [0.2, 0.25) is 5.02 Å². The van der Waals surface area contributed by atoms with Crippen LogP contribution in [0, 0.1) is 0 Å². The lowest BCUT2D eigenvalue weighted by molar-refractivity contribution is -0.00000388.